The number of amides is 3. The molecule has 1 saturated carbocycles. The van der Waals surface area contributed by atoms with E-state index in [1.165, 1.54) is 4.90 Å². The molecule has 0 radical (unpaired) electrons. The van der Waals surface area contributed by atoms with Crippen LogP contribution in [0.25, 0.3) is 0 Å². The Morgan fingerprint density at radius 3 is 2.65 bits per heavy atom. The number of carbonyl (C=O) groups is 2. The molecule has 0 atom stereocenters. The topological polar surface area (TPSA) is 58.6 Å². The van der Waals surface area contributed by atoms with Crippen molar-refractivity contribution in [2.75, 3.05) is 13.2 Å². The van der Waals surface area contributed by atoms with E-state index in [0.29, 0.717) is 25.5 Å². The van der Waals surface area contributed by atoms with E-state index in [4.69, 9.17) is 4.74 Å². The Balaban J connectivity index is 1.51. The number of rotatable bonds is 6. The van der Waals surface area contributed by atoms with Crippen LogP contribution < -0.4 is 10.1 Å². The molecule has 5 nitrogen and oxygen atoms in total. The molecule has 0 bridgehead atoms. The summed E-state index contributed by atoms with van der Waals surface area (Å²) in [5.41, 5.74) is 1.61. The lowest BCUT2D eigenvalue weighted by molar-refractivity contribution is -0.132. The fourth-order valence-corrected chi connectivity index (χ4v) is 4.06. The highest BCUT2D eigenvalue weighted by Crippen LogP contribution is 2.37. The molecule has 1 aliphatic carbocycles. The molecule has 1 aromatic carbocycles. The second kappa shape index (κ2) is 7.68. The maximum Gasteiger partial charge on any atom is 0.325 e. The average molecular weight is 358 g/mol. The number of carbonyl (C=O) groups excluding carboxylic acids is 2. The van der Waals surface area contributed by atoms with Crippen LogP contribution in [-0.4, -0.2) is 35.5 Å². The molecule has 1 heterocycles. The second-order valence-corrected chi connectivity index (χ2v) is 7.79. The van der Waals surface area contributed by atoms with Gasteiger partial charge in [0.1, 0.15) is 11.3 Å². The molecule has 142 valence electrons. The van der Waals surface area contributed by atoms with Crippen molar-refractivity contribution in [3.05, 3.63) is 29.3 Å². The number of nitrogens with one attached hydrogen (secondary N) is 1. The Bertz CT molecular complexity index is 678. The molecule has 5 heteroatoms. The summed E-state index contributed by atoms with van der Waals surface area (Å²) < 4.78 is 5.84. The van der Waals surface area contributed by atoms with Crippen molar-refractivity contribution in [3.63, 3.8) is 0 Å². The van der Waals surface area contributed by atoms with Gasteiger partial charge in [0.05, 0.1) is 6.61 Å². The van der Waals surface area contributed by atoms with Crippen LogP contribution in [0.3, 0.4) is 0 Å². The maximum atomic E-state index is 12.9. The van der Waals surface area contributed by atoms with Gasteiger partial charge in [0, 0.05) is 6.54 Å². The minimum atomic E-state index is -0.642. The molecule has 2 fully saturated rings. The van der Waals surface area contributed by atoms with Crippen molar-refractivity contribution in [2.24, 2.45) is 5.92 Å². The molecule has 3 rings (SSSR count). The first kappa shape index (κ1) is 18.7. The van der Waals surface area contributed by atoms with E-state index in [2.05, 4.69) is 18.3 Å². The SMILES string of the molecule is CCC1CCC2(CC1)NC(=O)N(CCCOc1cc(C)ccc1C)C2=O. The van der Waals surface area contributed by atoms with E-state index in [9.17, 15) is 9.59 Å². The van der Waals surface area contributed by atoms with Gasteiger partial charge >= 0.3 is 6.03 Å². The van der Waals surface area contributed by atoms with Crippen molar-refractivity contribution < 1.29 is 14.3 Å². The zero-order valence-corrected chi connectivity index (χ0v) is 16.1. The van der Waals surface area contributed by atoms with Crippen LogP contribution >= 0.6 is 0 Å². The van der Waals surface area contributed by atoms with E-state index < -0.39 is 5.54 Å². The van der Waals surface area contributed by atoms with Crippen molar-refractivity contribution in [2.45, 2.75) is 64.8 Å². The molecule has 0 aromatic heterocycles. The number of benzene rings is 1. The standard InChI is InChI=1S/C21H30N2O3/c1-4-17-8-10-21(11-9-17)19(24)23(20(25)22-21)12-5-13-26-18-14-15(2)6-7-16(18)3/h6-7,14,17H,4-5,8-13H2,1-3H3,(H,22,25). The van der Waals surface area contributed by atoms with Crippen molar-refractivity contribution in [1.29, 1.82) is 0 Å². The van der Waals surface area contributed by atoms with Crippen molar-refractivity contribution >= 4 is 11.9 Å². The largest absolute Gasteiger partial charge is 0.493 e. The minimum Gasteiger partial charge on any atom is -0.493 e. The molecular weight excluding hydrogens is 328 g/mol. The lowest BCUT2D eigenvalue weighted by atomic mass is 9.75. The van der Waals surface area contributed by atoms with Crippen LogP contribution in [0.4, 0.5) is 4.79 Å². The first-order valence-electron chi connectivity index (χ1n) is 9.79. The van der Waals surface area contributed by atoms with Gasteiger partial charge in [-0.15, -0.1) is 0 Å². The molecule has 1 aromatic rings. The van der Waals surface area contributed by atoms with Crippen LogP contribution in [0.2, 0.25) is 0 Å². The maximum absolute atomic E-state index is 12.9. The monoisotopic (exact) mass is 358 g/mol. The van der Waals surface area contributed by atoms with Gasteiger partial charge in [-0.25, -0.2) is 4.79 Å². The third kappa shape index (κ3) is 3.71. The highest BCUT2D eigenvalue weighted by Gasteiger charge is 2.51. The third-order valence-electron chi connectivity index (χ3n) is 5.91. The Morgan fingerprint density at radius 1 is 1.23 bits per heavy atom. The Labute approximate surface area is 156 Å². The van der Waals surface area contributed by atoms with Crippen LogP contribution in [0.5, 0.6) is 5.75 Å². The third-order valence-corrected chi connectivity index (χ3v) is 5.91. The lowest BCUT2D eigenvalue weighted by Crippen LogP contribution is -2.49. The van der Waals surface area contributed by atoms with E-state index in [1.807, 2.05) is 26.0 Å². The van der Waals surface area contributed by atoms with Crippen molar-refractivity contribution in [1.82, 2.24) is 10.2 Å². The first-order chi connectivity index (χ1) is 12.4. The average Bonchev–Trinajstić information content (AvgIpc) is 2.86. The number of hydrogen-bond acceptors (Lipinski definition) is 3. The second-order valence-electron chi connectivity index (χ2n) is 7.79. The summed E-state index contributed by atoms with van der Waals surface area (Å²) in [7, 11) is 0. The van der Waals surface area contributed by atoms with E-state index in [-0.39, 0.29) is 11.9 Å². The molecule has 1 aliphatic heterocycles. The molecule has 2 aliphatic rings. The molecule has 1 N–H and O–H groups in total. The zero-order valence-electron chi connectivity index (χ0n) is 16.1. The summed E-state index contributed by atoms with van der Waals surface area (Å²) >= 11 is 0. The summed E-state index contributed by atoms with van der Waals surface area (Å²) in [4.78, 5) is 26.6. The molecule has 0 unspecified atom stereocenters. The number of urea groups is 1. The fraction of sp³-hybridized carbons (Fsp3) is 0.619. The van der Waals surface area contributed by atoms with Gasteiger partial charge in [-0.1, -0.05) is 25.5 Å². The number of hydrogen-bond donors (Lipinski definition) is 1. The predicted molar refractivity (Wildman–Crippen MR) is 101 cm³/mol. The van der Waals surface area contributed by atoms with Crippen LogP contribution in [0.1, 0.15) is 56.6 Å². The Hall–Kier alpha value is -2.04. The quantitative estimate of drug-likeness (QED) is 0.618. The van der Waals surface area contributed by atoms with Gasteiger partial charge in [0.25, 0.3) is 5.91 Å². The minimum absolute atomic E-state index is 0.0382. The van der Waals surface area contributed by atoms with Gasteiger partial charge in [-0.3, -0.25) is 9.69 Å². The predicted octanol–water partition coefficient (Wildman–Crippen LogP) is 3.96. The fourth-order valence-electron chi connectivity index (χ4n) is 4.06. The van der Waals surface area contributed by atoms with Gasteiger partial charge < -0.3 is 10.1 Å². The first-order valence-corrected chi connectivity index (χ1v) is 9.79. The summed E-state index contributed by atoms with van der Waals surface area (Å²) in [5.74, 6) is 1.52. The molecule has 1 spiro atoms. The molecular formula is C21H30N2O3. The van der Waals surface area contributed by atoms with E-state index in [0.717, 1.165) is 49.0 Å². The Kier molecular flexibility index (Phi) is 5.54. The van der Waals surface area contributed by atoms with Crippen LogP contribution in [0.15, 0.2) is 18.2 Å². The van der Waals surface area contributed by atoms with Crippen LogP contribution in [-0.2, 0) is 4.79 Å². The van der Waals surface area contributed by atoms with Gasteiger partial charge in [-0.05, 0) is 69.1 Å². The number of imide groups is 1. The number of aryl methyl sites for hydroxylation is 2. The van der Waals surface area contributed by atoms with E-state index >= 15 is 0 Å². The van der Waals surface area contributed by atoms with Gasteiger partial charge in [0.15, 0.2) is 0 Å². The highest BCUT2D eigenvalue weighted by atomic mass is 16.5. The zero-order chi connectivity index (χ0) is 18.7. The van der Waals surface area contributed by atoms with Crippen molar-refractivity contribution in [3.8, 4) is 5.75 Å². The molecule has 1 saturated heterocycles. The summed E-state index contributed by atoms with van der Waals surface area (Å²) in [6.07, 6.45) is 5.37. The summed E-state index contributed by atoms with van der Waals surface area (Å²) in [6.45, 7) is 7.15. The van der Waals surface area contributed by atoms with Gasteiger partial charge in [-0.2, -0.15) is 0 Å². The highest BCUT2D eigenvalue weighted by molar-refractivity contribution is 6.07. The number of nitrogens with zero attached hydrogens (tertiary/aromatic N) is 1. The normalized spacial score (nSPS) is 25.7. The van der Waals surface area contributed by atoms with E-state index in [1.54, 1.807) is 0 Å². The lowest BCUT2D eigenvalue weighted by Gasteiger charge is -2.34. The number of ether oxygens (including phenoxy) is 1. The van der Waals surface area contributed by atoms with Crippen LogP contribution in [0, 0.1) is 19.8 Å². The molecule has 3 amide bonds. The van der Waals surface area contributed by atoms with Gasteiger partial charge in [0.2, 0.25) is 0 Å². The summed E-state index contributed by atoms with van der Waals surface area (Å²) in [6, 6.07) is 5.88. The Morgan fingerprint density at radius 2 is 1.96 bits per heavy atom. The smallest absolute Gasteiger partial charge is 0.325 e. The summed E-state index contributed by atoms with van der Waals surface area (Å²) in [5, 5.41) is 2.99. The molecule has 26 heavy (non-hydrogen) atoms.